The molecule has 2 aliphatic rings. The summed E-state index contributed by atoms with van der Waals surface area (Å²) in [6.45, 7) is 2.35. The van der Waals surface area contributed by atoms with Crippen LogP contribution in [-0.2, 0) is 4.79 Å². The van der Waals surface area contributed by atoms with Crippen LogP contribution in [-0.4, -0.2) is 47.6 Å². The van der Waals surface area contributed by atoms with Gasteiger partial charge < -0.3 is 10.2 Å². The number of hydroxylamine groups is 1. The lowest BCUT2D eigenvalue weighted by atomic mass is 9.99. The molecular weight excluding hydrogens is 385 g/mol. The Labute approximate surface area is 174 Å². The van der Waals surface area contributed by atoms with Crippen LogP contribution in [0.25, 0.3) is 6.08 Å². The average Bonchev–Trinajstić information content (AvgIpc) is 3.51. The van der Waals surface area contributed by atoms with Crippen LogP contribution >= 0.6 is 0 Å². The monoisotopic (exact) mass is 409 g/mol. The minimum atomic E-state index is -0.572. The van der Waals surface area contributed by atoms with Crippen LogP contribution in [0, 0.1) is 11.7 Å². The van der Waals surface area contributed by atoms with Gasteiger partial charge in [-0.3, -0.25) is 14.8 Å². The van der Waals surface area contributed by atoms with Crippen molar-refractivity contribution in [2.24, 2.45) is 5.92 Å². The Morgan fingerprint density at radius 3 is 2.47 bits per heavy atom. The highest BCUT2D eigenvalue weighted by atomic mass is 19.1. The molecule has 30 heavy (non-hydrogen) atoms. The molecule has 1 aliphatic carbocycles. The van der Waals surface area contributed by atoms with Crippen LogP contribution in [0.15, 0.2) is 54.6 Å². The number of hydrogen-bond donors (Lipinski definition) is 3. The summed E-state index contributed by atoms with van der Waals surface area (Å²) in [6, 6.07) is 13.8. The van der Waals surface area contributed by atoms with Crippen LogP contribution in [0.2, 0.25) is 0 Å². The van der Waals surface area contributed by atoms with Gasteiger partial charge in [0.1, 0.15) is 5.82 Å². The van der Waals surface area contributed by atoms with E-state index in [0.717, 1.165) is 31.6 Å². The summed E-state index contributed by atoms with van der Waals surface area (Å²) in [5.41, 5.74) is 3.90. The molecule has 2 fully saturated rings. The largest absolute Gasteiger partial charge is 0.338 e. The van der Waals surface area contributed by atoms with Crippen molar-refractivity contribution < 1.29 is 19.2 Å². The van der Waals surface area contributed by atoms with Crippen LogP contribution < -0.4 is 10.8 Å². The number of benzene rings is 2. The summed E-state index contributed by atoms with van der Waals surface area (Å²) in [4.78, 5) is 25.4. The molecule has 0 spiro atoms. The van der Waals surface area contributed by atoms with Crippen molar-refractivity contribution in [3.05, 3.63) is 77.1 Å². The van der Waals surface area contributed by atoms with Crippen molar-refractivity contribution in [2.45, 2.75) is 18.4 Å². The molecule has 2 amide bonds. The molecule has 3 N–H and O–H groups in total. The molecule has 0 radical (unpaired) electrons. The normalized spacial score (nSPS) is 20.8. The first kappa shape index (κ1) is 20.3. The highest BCUT2D eigenvalue weighted by Gasteiger charge is 2.39. The Morgan fingerprint density at radius 2 is 1.80 bits per heavy atom. The lowest BCUT2D eigenvalue weighted by molar-refractivity contribution is -0.131. The zero-order chi connectivity index (χ0) is 21.1. The third-order valence-corrected chi connectivity index (χ3v) is 5.72. The highest BCUT2D eigenvalue weighted by Crippen LogP contribution is 2.40. The van der Waals surface area contributed by atoms with Crippen molar-refractivity contribution in [3.8, 4) is 0 Å². The summed E-state index contributed by atoms with van der Waals surface area (Å²) >= 11 is 0. The van der Waals surface area contributed by atoms with Gasteiger partial charge >= 0.3 is 0 Å². The van der Waals surface area contributed by atoms with E-state index in [1.807, 2.05) is 12.1 Å². The predicted octanol–water partition coefficient (Wildman–Crippen LogP) is 2.56. The van der Waals surface area contributed by atoms with E-state index >= 15 is 0 Å². The van der Waals surface area contributed by atoms with Gasteiger partial charge in [-0.05, 0) is 47.9 Å². The van der Waals surface area contributed by atoms with E-state index in [2.05, 4.69) is 5.32 Å². The van der Waals surface area contributed by atoms with Crippen molar-refractivity contribution in [1.29, 1.82) is 0 Å². The van der Waals surface area contributed by atoms with E-state index in [0.29, 0.717) is 23.4 Å². The summed E-state index contributed by atoms with van der Waals surface area (Å²) in [7, 11) is 0. The second-order valence-electron chi connectivity index (χ2n) is 7.91. The lowest BCUT2D eigenvalue weighted by Gasteiger charge is -2.39. The Morgan fingerprint density at radius 1 is 1.10 bits per heavy atom. The van der Waals surface area contributed by atoms with Crippen LogP contribution in [0.3, 0.4) is 0 Å². The molecule has 1 saturated carbocycles. The predicted molar refractivity (Wildman–Crippen MR) is 110 cm³/mol. The molecule has 156 valence electrons. The smallest absolute Gasteiger partial charge is 0.274 e. The zero-order valence-electron chi connectivity index (χ0n) is 16.4. The maximum absolute atomic E-state index is 13.0. The van der Waals surface area contributed by atoms with Crippen molar-refractivity contribution in [3.63, 3.8) is 0 Å². The molecule has 1 heterocycles. The lowest BCUT2D eigenvalue weighted by Crippen LogP contribution is -2.53. The van der Waals surface area contributed by atoms with Gasteiger partial charge in [0, 0.05) is 49.2 Å². The fourth-order valence-electron chi connectivity index (χ4n) is 3.78. The third-order valence-electron chi connectivity index (χ3n) is 5.72. The number of rotatable bonds is 7. The number of likely N-dealkylation sites (tertiary alicyclic amines) is 1. The van der Waals surface area contributed by atoms with Gasteiger partial charge in [0.05, 0.1) is 0 Å². The van der Waals surface area contributed by atoms with Crippen molar-refractivity contribution >= 4 is 17.9 Å². The number of hydrogen-bond acceptors (Lipinski definition) is 4. The van der Waals surface area contributed by atoms with Crippen LogP contribution in [0.1, 0.15) is 33.8 Å². The summed E-state index contributed by atoms with van der Waals surface area (Å²) in [5.74, 6) is 0.105. The van der Waals surface area contributed by atoms with E-state index in [4.69, 9.17) is 5.21 Å². The number of nitrogens with zero attached hydrogens (tertiary/aromatic N) is 1. The SMILES string of the molecule is O=C(NO)c1ccc(/C=C/C(=O)N2CC(CNC3CC3c3ccc(F)cc3)C2)cc1. The zero-order valence-corrected chi connectivity index (χ0v) is 16.4. The van der Waals surface area contributed by atoms with Gasteiger partial charge in [0.15, 0.2) is 0 Å². The van der Waals surface area contributed by atoms with Gasteiger partial charge in [0.2, 0.25) is 5.91 Å². The molecule has 1 saturated heterocycles. The molecule has 2 aromatic carbocycles. The third kappa shape index (κ3) is 4.75. The van der Waals surface area contributed by atoms with Gasteiger partial charge in [-0.15, -0.1) is 0 Å². The molecule has 0 bridgehead atoms. The van der Waals surface area contributed by atoms with Gasteiger partial charge in [-0.1, -0.05) is 24.3 Å². The topological polar surface area (TPSA) is 81.7 Å². The van der Waals surface area contributed by atoms with Gasteiger partial charge in [-0.2, -0.15) is 0 Å². The number of nitrogens with one attached hydrogen (secondary N) is 2. The molecule has 6 nitrogen and oxygen atoms in total. The van der Waals surface area contributed by atoms with E-state index in [1.165, 1.54) is 23.8 Å². The number of carbonyl (C=O) groups excluding carboxylic acids is 2. The quantitative estimate of drug-likeness (QED) is 0.373. The first-order valence-electron chi connectivity index (χ1n) is 10.0. The van der Waals surface area contributed by atoms with E-state index in [-0.39, 0.29) is 11.7 Å². The Hall–Kier alpha value is -3.03. The first-order chi connectivity index (χ1) is 14.5. The molecule has 2 aromatic rings. The number of amides is 2. The molecule has 7 heteroatoms. The Bertz CT molecular complexity index is 937. The summed E-state index contributed by atoms with van der Waals surface area (Å²) in [5, 5.41) is 12.2. The molecule has 4 rings (SSSR count). The number of halogens is 1. The van der Waals surface area contributed by atoms with Crippen LogP contribution in [0.4, 0.5) is 4.39 Å². The molecule has 1 aliphatic heterocycles. The van der Waals surface area contributed by atoms with Crippen molar-refractivity contribution in [2.75, 3.05) is 19.6 Å². The second kappa shape index (κ2) is 8.77. The second-order valence-corrected chi connectivity index (χ2v) is 7.91. The highest BCUT2D eigenvalue weighted by molar-refractivity contribution is 5.94. The molecule has 2 unspecified atom stereocenters. The van der Waals surface area contributed by atoms with E-state index in [1.54, 1.807) is 40.7 Å². The molecule has 2 atom stereocenters. The standard InChI is InChI=1S/C23H24FN3O3/c24-19-8-6-17(7-9-19)20-11-21(20)25-12-16-13-27(14-16)22(28)10-3-15-1-4-18(5-2-15)23(29)26-30/h1-10,16,20-21,25,30H,11-14H2,(H,26,29)/b10-3+. The minimum absolute atomic E-state index is 0.0287. The molecule has 0 aromatic heterocycles. The van der Waals surface area contributed by atoms with Crippen LogP contribution in [0.5, 0.6) is 0 Å². The Balaban J connectivity index is 1.17. The number of carbonyl (C=O) groups is 2. The summed E-state index contributed by atoms with van der Waals surface area (Å²) in [6.07, 6.45) is 4.32. The average molecular weight is 409 g/mol. The fourth-order valence-corrected chi connectivity index (χ4v) is 3.78. The first-order valence-corrected chi connectivity index (χ1v) is 10.0. The van der Waals surface area contributed by atoms with Crippen molar-refractivity contribution in [1.82, 2.24) is 15.7 Å². The maximum Gasteiger partial charge on any atom is 0.274 e. The molecular formula is C23H24FN3O3. The Kier molecular flexibility index (Phi) is 5.92. The summed E-state index contributed by atoms with van der Waals surface area (Å²) < 4.78 is 13.0. The maximum atomic E-state index is 13.0. The van der Waals surface area contributed by atoms with E-state index < -0.39 is 5.91 Å². The fraction of sp³-hybridized carbons (Fsp3) is 0.304. The van der Waals surface area contributed by atoms with Gasteiger partial charge in [0.25, 0.3) is 5.91 Å². The van der Waals surface area contributed by atoms with E-state index in [9.17, 15) is 14.0 Å². The minimum Gasteiger partial charge on any atom is -0.338 e. The van der Waals surface area contributed by atoms with Gasteiger partial charge in [-0.25, -0.2) is 9.87 Å².